The number of nitrogens with zero attached hydrogens (tertiary/aromatic N) is 2. The van der Waals surface area contributed by atoms with Crippen molar-refractivity contribution in [3.63, 3.8) is 0 Å². The van der Waals surface area contributed by atoms with Gasteiger partial charge in [0.05, 0.1) is 6.04 Å². The summed E-state index contributed by atoms with van der Waals surface area (Å²) in [7, 11) is 0. The topological polar surface area (TPSA) is 75.9 Å². The summed E-state index contributed by atoms with van der Waals surface area (Å²) in [6.45, 7) is 7.02. The molecule has 3 unspecified atom stereocenters. The van der Waals surface area contributed by atoms with Gasteiger partial charge in [0.15, 0.2) is 0 Å². The average Bonchev–Trinajstić information content (AvgIpc) is 3.06. The van der Waals surface area contributed by atoms with Crippen LogP contribution in [-0.2, 0) is 14.3 Å². The molecule has 6 nitrogen and oxygen atoms in total. The highest BCUT2D eigenvalue weighted by atomic mass is 35.5. The number of rotatable bonds is 4. The molecule has 0 spiro atoms. The highest BCUT2D eigenvalue weighted by molar-refractivity contribution is 5.85. The second-order valence-electron chi connectivity index (χ2n) is 6.06. The number of carbonyl (C=O) groups is 2. The Balaban J connectivity index is 0.00000242. The number of carbonyl (C=O) groups excluding carboxylic acids is 2. The molecule has 0 aliphatic carbocycles. The first kappa shape index (κ1) is 19.2. The molecule has 2 N–H and O–H groups in total. The maximum absolute atomic E-state index is 12.3. The van der Waals surface area contributed by atoms with Crippen molar-refractivity contribution < 1.29 is 14.3 Å². The fraction of sp³-hybridized carbons (Fsp3) is 0.867. The zero-order chi connectivity index (χ0) is 15.4. The van der Waals surface area contributed by atoms with E-state index in [2.05, 4.69) is 0 Å². The molecule has 0 aromatic rings. The van der Waals surface area contributed by atoms with Gasteiger partial charge in [0.1, 0.15) is 6.10 Å². The smallest absolute Gasteiger partial charge is 0.251 e. The summed E-state index contributed by atoms with van der Waals surface area (Å²) in [6, 6.07) is -0.435. The molecule has 2 fully saturated rings. The number of piperazine rings is 1. The van der Waals surface area contributed by atoms with Crippen LogP contribution in [0.2, 0.25) is 0 Å². The third-order valence-corrected chi connectivity index (χ3v) is 4.65. The van der Waals surface area contributed by atoms with Crippen molar-refractivity contribution in [2.24, 2.45) is 11.7 Å². The summed E-state index contributed by atoms with van der Waals surface area (Å²) in [6.07, 6.45) is 2.40. The van der Waals surface area contributed by atoms with E-state index in [9.17, 15) is 9.59 Å². The molecule has 7 heteroatoms. The van der Waals surface area contributed by atoms with Crippen LogP contribution in [0.5, 0.6) is 0 Å². The van der Waals surface area contributed by atoms with Gasteiger partial charge in [-0.05, 0) is 18.8 Å². The summed E-state index contributed by atoms with van der Waals surface area (Å²) in [5.41, 5.74) is 6.00. The fourth-order valence-corrected chi connectivity index (χ4v) is 2.83. The third kappa shape index (κ3) is 4.33. The van der Waals surface area contributed by atoms with Gasteiger partial charge in [-0.15, -0.1) is 12.4 Å². The predicted octanol–water partition coefficient (Wildman–Crippen LogP) is 0.631. The SMILES string of the molecule is CCC(C)C(N)C(=O)N1CCN(C(=O)C2CCCO2)CC1.Cl. The molecule has 0 radical (unpaired) electrons. The summed E-state index contributed by atoms with van der Waals surface area (Å²) in [5.74, 6) is 0.267. The average molecular weight is 334 g/mol. The molecule has 2 aliphatic rings. The molecule has 2 saturated heterocycles. The van der Waals surface area contributed by atoms with Gasteiger partial charge in [-0.1, -0.05) is 20.3 Å². The van der Waals surface area contributed by atoms with E-state index in [-0.39, 0.29) is 36.2 Å². The maximum atomic E-state index is 12.3. The molecule has 0 aromatic carbocycles. The molecule has 22 heavy (non-hydrogen) atoms. The van der Waals surface area contributed by atoms with E-state index in [4.69, 9.17) is 10.5 Å². The second-order valence-corrected chi connectivity index (χ2v) is 6.06. The second kappa shape index (κ2) is 8.70. The summed E-state index contributed by atoms with van der Waals surface area (Å²) < 4.78 is 5.43. The highest BCUT2D eigenvalue weighted by Gasteiger charge is 2.33. The maximum Gasteiger partial charge on any atom is 0.251 e. The van der Waals surface area contributed by atoms with E-state index in [0.717, 1.165) is 19.3 Å². The first-order valence-electron chi connectivity index (χ1n) is 7.99. The van der Waals surface area contributed by atoms with Crippen molar-refractivity contribution in [2.45, 2.75) is 45.3 Å². The van der Waals surface area contributed by atoms with Crippen molar-refractivity contribution in [3.8, 4) is 0 Å². The summed E-state index contributed by atoms with van der Waals surface area (Å²) >= 11 is 0. The van der Waals surface area contributed by atoms with E-state index in [1.165, 1.54) is 0 Å². The van der Waals surface area contributed by atoms with Gasteiger partial charge in [-0.3, -0.25) is 9.59 Å². The number of hydrogen-bond donors (Lipinski definition) is 1. The van der Waals surface area contributed by atoms with Crippen molar-refractivity contribution >= 4 is 24.2 Å². The van der Waals surface area contributed by atoms with Crippen LogP contribution in [0.15, 0.2) is 0 Å². The van der Waals surface area contributed by atoms with Gasteiger partial charge in [-0.2, -0.15) is 0 Å². The van der Waals surface area contributed by atoms with Crippen molar-refractivity contribution in [1.82, 2.24) is 9.80 Å². The number of hydrogen-bond acceptors (Lipinski definition) is 4. The van der Waals surface area contributed by atoms with Crippen LogP contribution in [0.4, 0.5) is 0 Å². The lowest BCUT2D eigenvalue weighted by atomic mass is 9.98. The summed E-state index contributed by atoms with van der Waals surface area (Å²) in [5, 5.41) is 0. The Morgan fingerprint density at radius 1 is 1.23 bits per heavy atom. The minimum absolute atomic E-state index is 0. The third-order valence-electron chi connectivity index (χ3n) is 4.65. The quantitative estimate of drug-likeness (QED) is 0.818. The van der Waals surface area contributed by atoms with Gasteiger partial charge in [0.2, 0.25) is 5.91 Å². The zero-order valence-electron chi connectivity index (χ0n) is 13.5. The normalized spacial score (nSPS) is 24.6. The largest absolute Gasteiger partial charge is 0.368 e. The van der Waals surface area contributed by atoms with Crippen molar-refractivity contribution in [1.29, 1.82) is 0 Å². The molecule has 0 bridgehead atoms. The van der Waals surface area contributed by atoms with Gasteiger partial charge in [0, 0.05) is 32.8 Å². The van der Waals surface area contributed by atoms with Gasteiger partial charge < -0.3 is 20.3 Å². The van der Waals surface area contributed by atoms with Crippen LogP contribution < -0.4 is 5.73 Å². The van der Waals surface area contributed by atoms with Crippen LogP contribution in [-0.4, -0.2) is 66.5 Å². The number of halogens is 1. The Bertz CT molecular complexity index is 380. The lowest BCUT2D eigenvalue weighted by Crippen LogP contribution is -2.56. The van der Waals surface area contributed by atoms with Crippen molar-refractivity contribution in [3.05, 3.63) is 0 Å². The molecule has 2 aliphatic heterocycles. The van der Waals surface area contributed by atoms with E-state index in [1.807, 2.05) is 18.7 Å². The van der Waals surface area contributed by atoms with Crippen molar-refractivity contribution in [2.75, 3.05) is 32.8 Å². The Morgan fingerprint density at radius 2 is 1.82 bits per heavy atom. The molecule has 2 heterocycles. The number of amides is 2. The molecular formula is C15H28ClN3O3. The van der Waals surface area contributed by atoms with Crippen LogP contribution in [0, 0.1) is 5.92 Å². The van der Waals surface area contributed by atoms with Gasteiger partial charge in [-0.25, -0.2) is 0 Å². The van der Waals surface area contributed by atoms with E-state index < -0.39 is 6.04 Å². The van der Waals surface area contributed by atoms with Crippen LogP contribution in [0.3, 0.4) is 0 Å². The predicted molar refractivity (Wildman–Crippen MR) is 86.8 cm³/mol. The fourth-order valence-electron chi connectivity index (χ4n) is 2.83. The highest BCUT2D eigenvalue weighted by Crippen LogP contribution is 2.17. The Morgan fingerprint density at radius 3 is 2.32 bits per heavy atom. The van der Waals surface area contributed by atoms with Gasteiger partial charge >= 0.3 is 0 Å². The Hall–Kier alpha value is -0.850. The van der Waals surface area contributed by atoms with Gasteiger partial charge in [0.25, 0.3) is 5.91 Å². The molecule has 128 valence electrons. The molecule has 3 atom stereocenters. The minimum Gasteiger partial charge on any atom is -0.368 e. The Labute approximate surface area is 138 Å². The molecule has 2 amide bonds. The number of nitrogens with two attached hydrogens (primary N) is 1. The molecular weight excluding hydrogens is 306 g/mol. The lowest BCUT2D eigenvalue weighted by Gasteiger charge is -2.37. The standard InChI is InChI=1S/C15H27N3O3.ClH/c1-3-11(2)13(16)15(20)18-8-6-17(7-9-18)14(19)12-5-4-10-21-12;/h11-13H,3-10,16H2,1-2H3;1H. The monoisotopic (exact) mass is 333 g/mol. The van der Waals surface area contributed by atoms with Crippen LogP contribution in [0.25, 0.3) is 0 Å². The first-order valence-corrected chi connectivity index (χ1v) is 7.99. The van der Waals surface area contributed by atoms with Crippen LogP contribution in [0.1, 0.15) is 33.1 Å². The van der Waals surface area contributed by atoms with E-state index >= 15 is 0 Å². The molecule has 0 aromatic heterocycles. The minimum atomic E-state index is -0.435. The van der Waals surface area contributed by atoms with E-state index in [1.54, 1.807) is 4.90 Å². The zero-order valence-corrected chi connectivity index (χ0v) is 14.3. The molecule has 0 saturated carbocycles. The molecule has 2 rings (SSSR count). The number of ether oxygens (including phenoxy) is 1. The van der Waals surface area contributed by atoms with E-state index in [0.29, 0.717) is 32.8 Å². The first-order chi connectivity index (χ1) is 10.0. The van der Waals surface area contributed by atoms with Crippen LogP contribution >= 0.6 is 12.4 Å². The Kier molecular flexibility index (Phi) is 7.59. The lowest BCUT2D eigenvalue weighted by molar-refractivity contribution is -0.146. The summed E-state index contributed by atoms with van der Waals surface area (Å²) in [4.78, 5) is 28.1.